The Morgan fingerprint density at radius 1 is 0.568 bits per heavy atom. The second-order valence-electron chi connectivity index (χ2n) is 8.89. The lowest BCUT2D eigenvalue weighted by atomic mass is 10.1. The highest BCUT2D eigenvalue weighted by Gasteiger charge is 2.18. The minimum absolute atomic E-state index is 0.293. The standard InChI is InChI=1S/C24H38O4.C6H3Br3/c1-3-5-7-9-11-15-19-27-23(25)21-17-13-14-18-22(21)24(26)28-20-16-12-10-8-6-4-2;7-4-2-1-3-5(8)6(4)9/h13-14,17-18H,3-12,15-16,19-20H2,1-2H3;1-3H. The van der Waals surface area contributed by atoms with Crippen LogP contribution in [0, 0.1) is 0 Å². The highest BCUT2D eigenvalue weighted by Crippen LogP contribution is 2.29. The average Bonchev–Trinajstić information content (AvgIpc) is 2.90. The fourth-order valence-electron chi connectivity index (χ4n) is 3.57. The van der Waals surface area contributed by atoms with E-state index in [-0.39, 0.29) is 0 Å². The summed E-state index contributed by atoms with van der Waals surface area (Å²) in [6.07, 6.45) is 13.6. The molecule has 7 heteroatoms. The molecule has 0 N–H and O–H groups in total. The van der Waals surface area contributed by atoms with Crippen molar-refractivity contribution >= 4 is 59.7 Å². The van der Waals surface area contributed by atoms with Crippen LogP contribution in [0.5, 0.6) is 0 Å². The van der Waals surface area contributed by atoms with E-state index in [1.807, 2.05) is 18.2 Å². The summed E-state index contributed by atoms with van der Waals surface area (Å²) in [5, 5.41) is 0. The quantitative estimate of drug-likeness (QED) is 0.0991. The van der Waals surface area contributed by atoms with Gasteiger partial charge in [0.2, 0.25) is 0 Å². The second kappa shape index (κ2) is 21.7. The summed E-state index contributed by atoms with van der Waals surface area (Å²) in [6, 6.07) is 12.7. The fraction of sp³-hybridized carbons (Fsp3) is 0.533. The van der Waals surface area contributed by atoms with Gasteiger partial charge in [0.1, 0.15) is 0 Å². The summed E-state index contributed by atoms with van der Waals surface area (Å²) in [6.45, 7) is 5.17. The molecule has 0 bridgehead atoms. The van der Waals surface area contributed by atoms with E-state index in [1.165, 1.54) is 51.4 Å². The van der Waals surface area contributed by atoms with Gasteiger partial charge in [0.15, 0.2) is 0 Å². The van der Waals surface area contributed by atoms with Crippen molar-refractivity contribution in [2.45, 2.75) is 90.9 Å². The smallest absolute Gasteiger partial charge is 0.339 e. The number of benzene rings is 2. The van der Waals surface area contributed by atoms with Crippen molar-refractivity contribution in [1.82, 2.24) is 0 Å². The number of carbonyl (C=O) groups is 2. The maximum absolute atomic E-state index is 12.4. The van der Waals surface area contributed by atoms with Crippen LogP contribution in [0.15, 0.2) is 55.9 Å². The number of esters is 2. The largest absolute Gasteiger partial charge is 0.462 e. The monoisotopic (exact) mass is 702 g/mol. The van der Waals surface area contributed by atoms with E-state index in [0.29, 0.717) is 24.3 Å². The van der Waals surface area contributed by atoms with Crippen molar-refractivity contribution in [2.24, 2.45) is 0 Å². The van der Waals surface area contributed by atoms with Gasteiger partial charge in [-0.25, -0.2) is 9.59 Å². The molecule has 37 heavy (non-hydrogen) atoms. The lowest BCUT2D eigenvalue weighted by Crippen LogP contribution is -2.15. The molecule has 4 nitrogen and oxygen atoms in total. The van der Waals surface area contributed by atoms with E-state index in [4.69, 9.17) is 9.47 Å². The van der Waals surface area contributed by atoms with Crippen LogP contribution in [0.4, 0.5) is 0 Å². The minimum atomic E-state index is -0.444. The molecule has 0 aliphatic rings. The van der Waals surface area contributed by atoms with Gasteiger partial charge in [0.25, 0.3) is 0 Å². The predicted octanol–water partition coefficient (Wildman–Crippen LogP) is 10.7. The molecule has 0 radical (unpaired) electrons. The highest BCUT2D eigenvalue weighted by molar-refractivity contribution is 9.14. The normalized spacial score (nSPS) is 10.4. The van der Waals surface area contributed by atoms with Crippen LogP contribution in [-0.4, -0.2) is 25.2 Å². The van der Waals surface area contributed by atoms with Crippen LogP contribution in [0.1, 0.15) is 112 Å². The van der Waals surface area contributed by atoms with Crippen molar-refractivity contribution in [2.75, 3.05) is 13.2 Å². The SMILES string of the molecule is Brc1cccc(Br)c1Br.CCCCCCCCOC(=O)c1ccccc1C(=O)OCCCCCCCC. The summed E-state index contributed by atoms with van der Waals surface area (Å²) in [4.78, 5) is 24.7. The molecular formula is C30H41Br3O4. The Morgan fingerprint density at radius 2 is 0.946 bits per heavy atom. The van der Waals surface area contributed by atoms with Crippen LogP contribution in [0.2, 0.25) is 0 Å². The van der Waals surface area contributed by atoms with Gasteiger partial charge in [-0.3, -0.25) is 0 Å². The van der Waals surface area contributed by atoms with Crippen molar-refractivity contribution < 1.29 is 19.1 Å². The van der Waals surface area contributed by atoms with Crippen molar-refractivity contribution in [3.63, 3.8) is 0 Å². The molecule has 0 aliphatic carbocycles. The van der Waals surface area contributed by atoms with Gasteiger partial charge in [0, 0.05) is 13.4 Å². The number of carbonyl (C=O) groups excluding carboxylic acids is 2. The highest BCUT2D eigenvalue weighted by atomic mass is 79.9. The van der Waals surface area contributed by atoms with Crippen LogP contribution in [0.3, 0.4) is 0 Å². The minimum Gasteiger partial charge on any atom is -0.462 e. The Balaban J connectivity index is 0.000000635. The number of unbranched alkanes of at least 4 members (excludes halogenated alkanes) is 10. The number of ether oxygens (including phenoxy) is 2. The number of halogens is 3. The Hall–Kier alpha value is -1.18. The van der Waals surface area contributed by atoms with Gasteiger partial charge in [-0.1, -0.05) is 96.3 Å². The average molecular weight is 705 g/mol. The van der Waals surface area contributed by atoms with E-state index >= 15 is 0 Å². The zero-order valence-corrected chi connectivity index (χ0v) is 27.0. The third kappa shape index (κ3) is 15.1. The van der Waals surface area contributed by atoms with Gasteiger partial charge in [0.05, 0.1) is 24.3 Å². The number of hydrogen-bond donors (Lipinski definition) is 0. The predicted molar refractivity (Wildman–Crippen MR) is 163 cm³/mol. The maximum atomic E-state index is 12.4. The molecule has 0 aromatic heterocycles. The first-order valence-electron chi connectivity index (χ1n) is 13.4. The summed E-state index contributed by atoms with van der Waals surface area (Å²) in [7, 11) is 0. The lowest BCUT2D eigenvalue weighted by Gasteiger charge is -2.10. The molecule has 0 saturated heterocycles. The molecule has 0 saturated carbocycles. The van der Waals surface area contributed by atoms with E-state index in [9.17, 15) is 9.59 Å². The fourth-order valence-corrected chi connectivity index (χ4v) is 4.83. The summed E-state index contributed by atoms with van der Waals surface area (Å²) in [5.41, 5.74) is 0.586. The van der Waals surface area contributed by atoms with E-state index < -0.39 is 11.9 Å². The molecule has 0 unspecified atom stereocenters. The summed E-state index contributed by atoms with van der Waals surface area (Å²) < 4.78 is 13.9. The Bertz CT molecular complexity index is 848. The third-order valence-corrected chi connectivity index (χ3v) is 8.97. The molecular weight excluding hydrogens is 664 g/mol. The van der Waals surface area contributed by atoms with E-state index in [2.05, 4.69) is 61.6 Å². The van der Waals surface area contributed by atoms with E-state index in [1.54, 1.807) is 24.3 Å². The Kier molecular flexibility index (Phi) is 19.9. The first-order chi connectivity index (χ1) is 17.9. The Morgan fingerprint density at radius 3 is 1.32 bits per heavy atom. The van der Waals surface area contributed by atoms with Crippen molar-refractivity contribution in [3.8, 4) is 0 Å². The first kappa shape index (κ1) is 33.8. The van der Waals surface area contributed by atoms with Gasteiger partial charge in [-0.2, -0.15) is 0 Å². The second-order valence-corrected chi connectivity index (χ2v) is 11.4. The molecule has 2 aromatic carbocycles. The van der Waals surface area contributed by atoms with E-state index in [0.717, 1.165) is 39.1 Å². The molecule has 0 fully saturated rings. The van der Waals surface area contributed by atoms with Crippen LogP contribution < -0.4 is 0 Å². The summed E-state index contributed by atoms with van der Waals surface area (Å²) >= 11 is 10.1. The molecule has 0 amide bonds. The third-order valence-electron chi connectivity index (χ3n) is 5.73. The molecule has 0 heterocycles. The molecule has 0 atom stereocenters. The molecule has 2 rings (SSSR count). The van der Waals surface area contributed by atoms with Crippen LogP contribution in [0.25, 0.3) is 0 Å². The molecule has 0 spiro atoms. The van der Waals surface area contributed by atoms with Gasteiger partial charge < -0.3 is 9.47 Å². The first-order valence-corrected chi connectivity index (χ1v) is 15.8. The van der Waals surface area contributed by atoms with Gasteiger partial charge in [-0.05, 0) is 84.9 Å². The zero-order valence-electron chi connectivity index (χ0n) is 22.2. The van der Waals surface area contributed by atoms with Gasteiger partial charge >= 0.3 is 11.9 Å². The summed E-state index contributed by atoms with van der Waals surface area (Å²) in [5.74, 6) is -0.888. The van der Waals surface area contributed by atoms with Crippen molar-refractivity contribution in [1.29, 1.82) is 0 Å². The maximum Gasteiger partial charge on any atom is 0.339 e. The molecule has 2 aromatic rings. The number of rotatable bonds is 16. The van der Waals surface area contributed by atoms with Gasteiger partial charge in [-0.15, -0.1) is 0 Å². The molecule has 206 valence electrons. The molecule has 0 aliphatic heterocycles. The van der Waals surface area contributed by atoms with Crippen LogP contribution >= 0.6 is 47.8 Å². The Labute approximate surface area is 248 Å². The van der Waals surface area contributed by atoms with Crippen molar-refractivity contribution in [3.05, 3.63) is 67.0 Å². The lowest BCUT2D eigenvalue weighted by molar-refractivity contribution is 0.0450. The topological polar surface area (TPSA) is 52.6 Å². The zero-order chi connectivity index (χ0) is 27.3. The number of hydrogen-bond acceptors (Lipinski definition) is 4. The van der Waals surface area contributed by atoms with Crippen LogP contribution in [-0.2, 0) is 9.47 Å².